The first-order valence-electron chi connectivity index (χ1n) is 4.43. The predicted octanol–water partition coefficient (Wildman–Crippen LogP) is 3.50. The standard InChI is InChI=1S/C9H3F7N2/c10-3-1-2-4-6(5(3)11)18-7(17-4)8(12,13)9(14,15)16/h1-2H,(H,17,18). The van der Waals surface area contributed by atoms with Gasteiger partial charge in [0.2, 0.25) is 0 Å². The quantitative estimate of drug-likeness (QED) is 0.791. The van der Waals surface area contributed by atoms with Gasteiger partial charge in [0.15, 0.2) is 17.5 Å². The van der Waals surface area contributed by atoms with Crippen LogP contribution in [-0.4, -0.2) is 16.1 Å². The summed E-state index contributed by atoms with van der Waals surface area (Å²) < 4.78 is 87.8. The van der Waals surface area contributed by atoms with Crippen LogP contribution in [0.2, 0.25) is 0 Å². The minimum Gasteiger partial charge on any atom is -0.336 e. The molecule has 18 heavy (non-hydrogen) atoms. The van der Waals surface area contributed by atoms with Gasteiger partial charge in [0.1, 0.15) is 5.52 Å². The van der Waals surface area contributed by atoms with Gasteiger partial charge in [-0.3, -0.25) is 0 Å². The molecule has 1 heterocycles. The molecule has 1 aromatic heterocycles. The number of H-pyrrole nitrogens is 1. The third-order valence-corrected chi connectivity index (χ3v) is 2.20. The molecule has 0 aliphatic rings. The lowest BCUT2D eigenvalue weighted by Gasteiger charge is -2.16. The molecule has 2 nitrogen and oxygen atoms in total. The molecule has 0 atom stereocenters. The summed E-state index contributed by atoms with van der Waals surface area (Å²) in [7, 11) is 0. The molecule has 0 bridgehead atoms. The van der Waals surface area contributed by atoms with E-state index >= 15 is 0 Å². The third kappa shape index (κ3) is 1.70. The lowest BCUT2D eigenvalue weighted by molar-refractivity contribution is -0.292. The highest BCUT2D eigenvalue weighted by Gasteiger charge is 2.61. The maximum atomic E-state index is 13.1. The maximum Gasteiger partial charge on any atom is 0.461 e. The summed E-state index contributed by atoms with van der Waals surface area (Å²) in [4.78, 5) is 4.39. The highest BCUT2D eigenvalue weighted by atomic mass is 19.4. The molecule has 0 saturated carbocycles. The van der Waals surface area contributed by atoms with Crippen molar-refractivity contribution in [3.63, 3.8) is 0 Å². The number of nitrogens with one attached hydrogen (secondary N) is 1. The van der Waals surface area contributed by atoms with Crippen LogP contribution in [0, 0.1) is 11.6 Å². The number of fused-ring (bicyclic) bond motifs is 1. The molecule has 0 aliphatic carbocycles. The van der Waals surface area contributed by atoms with Gasteiger partial charge in [-0.15, -0.1) is 0 Å². The van der Waals surface area contributed by atoms with Crippen molar-refractivity contribution in [3.05, 3.63) is 29.6 Å². The summed E-state index contributed by atoms with van der Waals surface area (Å²) in [6.45, 7) is 0. The number of hydrogen-bond acceptors (Lipinski definition) is 1. The molecule has 0 spiro atoms. The van der Waals surface area contributed by atoms with Gasteiger partial charge in [-0.2, -0.15) is 22.0 Å². The van der Waals surface area contributed by atoms with Gasteiger partial charge in [-0.05, 0) is 12.1 Å². The van der Waals surface area contributed by atoms with Crippen molar-refractivity contribution in [2.24, 2.45) is 0 Å². The zero-order chi connectivity index (χ0) is 13.7. The first-order chi connectivity index (χ1) is 8.14. The highest BCUT2D eigenvalue weighted by molar-refractivity contribution is 5.76. The molecule has 0 aliphatic heterocycles. The van der Waals surface area contributed by atoms with Gasteiger partial charge in [-0.25, -0.2) is 13.8 Å². The van der Waals surface area contributed by atoms with E-state index in [1.807, 2.05) is 0 Å². The lowest BCUT2D eigenvalue weighted by Crippen LogP contribution is -2.34. The Morgan fingerprint density at radius 2 is 1.61 bits per heavy atom. The average Bonchev–Trinajstić information content (AvgIpc) is 2.67. The fourth-order valence-corrected chi connectivity index (χ4v) is 1.30. The number of imidazole rings is 1. The van der Waals surface area contributed by atoms with E-state index in [9.17, 15) is 30.7 Å². The summed E-state index contributed by atoms with van der Waals surface area (Å²) in [5, 5.41) is 0. The minimum atomic E-state index is -5.88. The molecule has 0 fully saturated rings. The minimum absolute atomic E-state index is 0.451. The molecular formula is C9H3F7N2. The molecule has 0 saturated heterocycles. The van der Waals surface area contributed by atoms with Crippen LogP contribution in [0.1, 0.15) is 5.82 Å². The third-order valence-electron chi connectivity index (χ3n) is 2.20. The Morgan fingerprint density at radius 3 is 2.17 bits per heavy atom. The Hall–Kier alpha value is -1.80. The molecule has 0 amide bonds. The van der Waals surface area contributed by atoms with Crippen LogP contribution in [0.4, 0.5) is 30.7 Å². The first-order valence-corrected chi connectivity index (χ1v) is 4.43. The molecule has 0 radical (unpaired) electrons. The number of nitrogens with zero attached hydrogens (tertiary/aromatic N) is 1. The van der Waals surface area contributed by atoms with E-state index in [0.29, 0.717) is 6.07 Å². The smallest absolute Gasteiger partial charge is 0.336 e. The second-order valence-electron chi connectivity index (χ2n) is 3.42. The number of rotatable bonds is 1. The number of alkyl halides is 5. The summed E-state index contributed by atoms with van der Waals surface area (Å²) in [6.07, 6.45) is -5.88. The molecule has 2 aromatic rings. The zero-order valence-corrected chi connectivity index (χ0v) is 8.25. The number of aromatic amines is 1. The van der Waals surface area contributed by atoms with E-state index in [-0.39, 0.29) is 0 Å². The SMILES string of the molecule is Fc1ccc2[nH]c(C(F)(F)C(F)(F)F)nc2c1F. The molecule has 1 aromatic carbocycles. The predicted molar refractivity (Wildman–Crippen MR) is 46.0 cm³/mol. The largest absolute Gasteiger partial charge is 0.461 e. The van der Waals surface area contributed by atoms with Crippen molar-refractivity contribution in [3.8, 4) is 0 Å². The molecule has 9 heteroatoms. The molecular weight excluding hydrogens is 269 g/mol. The van der Waals surface area contributed by atoms with E-state index in [0.717, 1.165) is 6.07 Å². The lowest BCUT2D eigenvalue weighted by atomic mass is 10.3. The van der Waals surface area contributed by atoms with Crippen LogP contribution in [-0.2, 0) is 5.92 Å². The van der Waals surface area contributed by atoms with Gasteiger partial charge >= 0.3 is 12.1 Å². The first kappa shape index (κ1) is 12.7. The second kappa shape index (κ2) is 3.59. The monoisotopic (exact) mass is 272 g/mol. The van der Waals surface area contributed by atoms with E-state index in [2.05, 4.69) is 4.98 Å². The van der Waals surface area contributed by atoms with Crippen LogP contribution < -0.4 is 0 Å². The van der Waals surface area contributed by atoms with Gasteiger partial charge in [0.05, 0.1) is 5.52 Å². The van der Waals surface area contributed by atoms with E-state index in [4.69, 9.17) is 0 Å². The van der Waals surface area contributed by atoms with Crippen molar-refractivity contribution in [2.45, 2.75) is 12.1 Å². The fraction of sp³-hybridized carbons (Fsp3) is 0.222. The van der Waals surface area contributed by atoms with Crippen LogP contribution in [0.15, 0.2) is 12.1 Å². The summed E-state index contributed by atoms with van der Waals surface area (Å²) in [5.41, 5.74) is -1.36. The van der Waals surface area contributed by atoms with Crippen LogP contribution >= 0.6 is 0 Å². The van der Waals surface area contributed by atoms with Crippen LogP contribution in [0.25, 0.3) is 11.0 Å². The van der Waals surface area contributed by atoms with Crippen molar-refractivity contribution in [1.29, 1.82) is 0 Å². The van der Waals surface area contributed by atoms with Crippen molar-refractivity contribution >= 4 is 11.0 Å². The van der Waals surface area contributed by atoms with Crippen molar-refractivity contribution in [1.82, 2.24) is 9.97 Å². The van der Waals surface area contributed by atoms with Crippen molar-refractivity contribution < 1.29 is 30.7 Å². The highest BCUT2D eigenvalue weighted by Crippen LogP contribution is 2.43. The molecule has 98 valence electrons. The Kier molecular flexibility index (Phi) is 2.53. The van der Waals surface area contributed by atoms with Crippen LogP contribution in [0.5, 0.6) is 0 Å². The summed E-state index contributed by atoms with van der Waals surface area (Å²) in [5.74, 6) is -10.0. The average molecular weight is 272 g/mol. The number of benzene rings is 1. The fourth-order valence-electron chi connectivity index (χ4n) is 1.30. The van der Waals surface area contributed by atoms with Gasteiger partial charge in [0, 0.05) is 0 Å². The Bertz CT molecular complexity index is 599. The van der Waals surface area contributed by atoms with E-state index in [1.165, 1.54) is 0 Å². The van der Waals surface area contributed by atoms with Gasteiger partial charge < -0.3 is 4.98 Å². The maximum absolute atomic E-state index is 13.1. The number of hydrogen-bond donors (Lipinski definition) is 1. The summed E-state index contributed by atoms with van der Waals surface area (Å²) in [6, 6.07) is 1.40. The summed E-state index contributed by atoms with van der Waals surface area (Å²) >= 11 is 0. The number of aromatic nitrogens is 2. The second-order valence-corrected chi connectivity index (χ2v) is 3.42. The Balaban J connectivity index is 2.65. The Labute approximate surface area is 94.4 Å². The van der Waals surface area contributed by atoms with Crippen molar-refractivity contribution in [2.75, 3.05) is 0 Å². The normalized spacial score (nSPS) is 13.3. The molecule has 1 N–H and O–H groups in total. The van der Waals surface area contributed by atoms with Gasteiger partial charge in [-0.1, -0.05) is 0 Å². The zero-order valence-electron chi connectivity index (χ0n) is 8.25. The molecule has 0 unspecified atom stereocenters. The number of halogens is 7. The Morgan fingerprint density at radius 1 is 1.00 bits per heavy atom. The van der Waals surface area contributed by atoms with Gasteiger partial charge in [0.25, 0.3) is 0 Å². The van der Waals surface area contributed by atoms with E-state index < -0.39 is 40.6 Å². The van der Waals surface area contributed by atoms with E-state index in [1.54, 1.807) is 4.98 Å². The molecule has 2 rings (SSSR count). The van der Waals surface area contributed by atoms with Crippen LogP contribution in [0.3, 0.4) is 0 Å². The topological polar surface area (TPSA) is 28.7 Å².